The lowest BCUT2D eigenvalue weighted by Gasteiger charge is -2.27. The number of rotatable bonds is 5. The van der Waals surface area contributed by atoms with Crippen LogP contribution in [0.3, 0.4) is 0 Å². The molecule has 1 aromatic carbocycles. The van der Waals surface area contributed by atoms with Crippen molar-refractivity contribution in [2.24, 2.45) is 5.92 Å². The number of anilines is 1. The van der Waals surface area contributed by atoms with Gasteiger partial charge in [0.2, 0.25) is 11.0 Å². The van der Waals surface area contributed by atoms with E-state index in [1.165, 1.54) is 36.2 Å². The molecule has 1 aromatic heterocycles. The maximum atomic E-state index is 13.0. The average Bonchev–Trinajstić information content (AvgIpc) is 3.10. The van der Waals surface area contributed by atoms with E-state index in [0.717, 1.165) is 41.5 Å². The number of amides is 1. The molecule has 1 heterocycles. The molecule has 1 aliphatic rings. The molecule has 0 aliphatic heterocycles. The summed E-state index contributed by atoms with van der Waals surface area (Å²) in [5, 5.41) is 10.3. The van der Waals surface area contributed by atoms with Gasteiger partial charge in [-0.1, -0.05) is 61.3 Å². The molecule has 3 rings (SSSR count). The number of benzene rings is 1. The third-order valence-electron chi connectivity index (χ3n) is 4.58. The fourth-order valence-electron chi connectivity index (χ4n) is 3.31. The molecule has 0 spiro atoms. The van der Waals surface area contributed by atoms with Crippen LogP contribution in [0.15, 0.2) is 24.3 Å². The number of carbonyl (C=O) groups is 1. The normalized spacial score (nSPS) is 15.4. The maximum absolute atomic E-state index is 13.0. The molecule has 128 valence electrons. The van der Waals surface area contributed by atoms with Gasteiger partial charge in [-0.3, -0.25) is 9.69 Å². The van der Waals surface area contributed by atoms with Crippen molar-refractivity contribution < 1.29 is 4.79 Å². The van der Waals surface area contributed by atoms with Crippen molar-refractivity contribution in [1.29, 1.82) is 0 Å². The van der Waals surface area contributed by atoms with Crippen LogP contribution in [-0.2, 0) is 4.79 Å². The molecule has 5 heteroatoms. The summed E-state index contributed by atoms with van der Waals surface area (Å²) in [5.41, 5.74) is 2.27. The van der Waals surface area contributed by atoms with Gasteiger partial charge in [0.25, 0.3) is 0 Å². The van der Waals surface area contributed by atoms with Gasteiger partial charge in [0.05, 0.1) is 0 Å². The van der Waals surface area contributed by atoms with Gasteiger partial charge in [0.15, 0.2) is 0 Å². The van der Waals surface area contributed by atoms with Crippen LogP contribution in [-0.4, -0.2) is 22.6 Å². The van der Waals surface area contributed by atoms with Crippen molar-refractivity contribution in [3.63, 3.8) is 0 Å². The molecule has 1 saturated carbocycles. The summed E-state index contributed by atoms with van der Waals surface area (Å²) in [6.45, 7) is 4.89. The van der Waals surface area contributed by atoms with E-state index in [1.807, 2.05) is 17.0 Å². The van der Waals surface area contributed by atoms with Crippen LogP contribution < -0.4 is 4.90 Å². The Bertz CT molecular complexity index is 691. The zero-order valence-corrected chi connectivity index (χ0v) is 15.3. The summed E-state index contributed by atoms with van der Waals surface area (Å²) < 4.78 is 0. The minimum Gasteiger partial charge on any atom is -0.286 e. The average molecular weight is 343 g/mol. The number of hydrogen-bond donors (Lipinski definition) is 0. The van der Waals surface area contributed by atoms with E-state index in [2.05, 4.69) is 36.2 Å². The van der Waals surface area contributed by atoms with Crippen molar-refractivity contribution in [2.75, 3.05) is 11.4 Å². The number of hydrogen-bond acceptors (Lipinski definition) is 4. The molecule has 1 amide bonds. The highest BCUT2D eigenvalue weighted by molar-refractivity contribution is 7.18. The summed E-state index contributed by atoms with van der Waals surface area (Å²) in [6, 6.07) is 8.26. The van der Waals surface area contributed by atoms with Crippen LogP contribution >= 0.6 is 11.3 Å². The van der Waals surface area contributed by atoms with Gasteiger partial charge < -0.3 is 0 Å². The van der Waals surface area contributed by atoms with E-state index in [9.17, 15) is 4.79 Å². The van der Waals surface area contributed by atoms with E-state index in [-0.39, 0.29) is 11.8 Å². The zero-order valence-electron chi connectivity index (χ0n) is 14.5. The Hall–Kier alpha value is -1.75. The first-order valence-electron chi connectivity index (χ1n) is 8.91. The maximum Gasteiger partial charge on any atom is 0.231 e. The molecule has 2 aromatic rings. The fraction of sp³-hybridized carbons (Fsp3) is 0.526. The van der Waals surface area contributed by atoms with E-state index in [0.29, 0.717) is 0 Å². The van der Waals surface area contributed by atoms with E-state index in [4.69, 9.17) is 0 Å². The van der Waals surface area contributed by atoms with E-state index < -0.39 is 0 Å². The predicted octanol–water partition coefficient (Wildman–Crippen LogP) is 4.84. The topological polar surface area (TPSA) is 46.1 Å². The monoisotopic (exact) mass is 343 g/mol. The van der Waals surface area contributed by atoms with Gasteiger partial charge >= 0.3 is 0 Å². The molecule has 0 radical (unpaired) electrons. The summed E-state index contributed by atoms with van der Waals surface area (Å²) in [6.07, 6.45) is 6.55. The van der Waals surface area contributed by atoms with Crippen molar-refractivity contribution in [3.05, 3.63) is 29.8 Å². The van der Waals surface area contributed by atoms with Gasteiger partial charge in [-0.15, -0.1) is 10.2 Å². The molecule has 0 unspecified atom stereocenters. The van der Waals surface area contributed by atoms with Gasteiger partial charge in [-0.25, -0.2) is 0 Å². The summed E-state index contributed by atoms with van der Waals surface area (Å²) in [5.74, 6) is 0.403. The quantitative estimate of drug-likeness (QED) is 0.780. The number of carbonyl (C=O) groups excluding carboxylic acids is 1. The van der Waals surface area contributed by atoms with E-state index in [1.54, 1.807) is 0 Å². The second-order valence-corrected chi connectivity index (χ2v) is 7.54. The Balaban J connectivity index is 1.82. The lowest BCUT2D eigenvalue weighted by atomic mass is 9.88. The summed E-state index contributed by atoms with van der Waals surface area (Å²) in [7, 11) is 0. The van der Waals surface area contributed by atoms with Crippen LogP contribution in [0.25, 0.3) is 10.6 Å². The lowest BCUT2D eigenvalue weighted by Crippen LogP contribution is -2.37. The van der Waals surface area contributed by atoms with Crippen LogP contribution in [0.4, 0.5) is 5.13 Å². The van der Waals surface area contributed by atoms with Gasteiger partial charge in [0, 0.05) is 18.0 Å². The van der Waals surface area contributed by atoms with Crippen LogP contribution in [0.5, 0.6) is 0 Å². The van der Waals surface area contributed by atoms with Crippen molar-refractivity contribution >= 4 is 22.4 Å². The molecule has 4 nitrogen and oxygen atoms in total. The Morgan fingerprint density at radius 2 is 2.04 bits per heavy atom. The molecular weight excluding hydrogens is 318 g/mol. The Morgan fingerprint density at radius 1 is 1.25 bits per heavy atom. The lowest BCUT2D eigenvalue weighted by molar-refractivity contribution is -0.123. The molecule has 1 fully saturated rings. The molecule has 1 aliphatic carbocycles. The second-order valence-electron chi connectivity index (χ2n) is 6.58. The van der Waals surface area contributed by atoms with Crippen LogP contribution in [0, 0.1) is 12.8 Å². The standard InChI is InChI=1S/C19H25N3OS/c1-3-12-22(18(23)15-9-5-4-6-10-15)19-21-20-17(24-19)16-11-7-8-14(2)13-16/h7-8,11,13,15H,3-6,9-10,12H2,1-2H3. The van der Waals surface area contributed by atoms with Crippen molar-refractivity contribution in [1.82, 2.24) is 10.2 Å². The fourth-order valence-corrected chi connectivity index (χ4v) is 4.19. The van der Waals surface area contributed by atoms with Gasteiger partial charge in [-0.05, 0) is 32.3 Å². The molecule has 0 bridgehead atoms. The minimum atomic E-state index is 0.164. The highest BCUT2D eigenvalue weighted by Crippen LogP contribution is 2.32. The van der Waals surface area contributed by atoms with Crippen LogP contribution in [0.1, 0.15) is 51.0 Å². The largest absolute Gasteiger partial charge is 0.286 e. The Kier molecular flexibility index (Phi) is 5.61. The first-order chi connectivity index (χ1) is 11.7. The highest BCUT2D eigenvalue weighted by Gasteiger charge is 2.28. The first kappa shape index (κ1) is 17.1. The summed E-state index contributed by atoms with van der Waals surface area (Å²) in [4.78, 5) is 14.8. The molecule has 0 atom stereocenters. The van der Waals surface area contributed by atoms with Crippen molar-refractivity contribution in [2.45, 2.75) is 52.4 Å². The predicted molar refractivity (Wildman–Crippen MR) is 99.3 cm³/mol. The van der Waals surface area contributed by atoms with Crippen LogP contribution in [0.2, 0.25) is 0 Å². The summed E-state index contributed by atoms with van der Waals surface area (Å²) >= 11 is 1.52. The molecular formula is C19H25N3OS. The van der Waals surface area contributed by atoms with Crippen molar-refractivity contribution in [3.8, 4) is 10.6 Å². The number of aryl methyl sites for hydroxylation is 1. The Labute approximate surface area is 147 Å². The zero-order chi connectivity index (χ0) is 16.9. The minimum absolute atomic E-state index is 0.164. The van der Waals surface area contributed by atoms with Gasteiger partial charge in [-0.2, -0.15) is 0 Å². The molecule has 0 saturated heterocycles. The smallest absolute Gasteiger partial charge is 0.231 e. The number of aromatic nitrogens is 2. The van der Waals surface area contributed by atoms with Gasteiger partial charge in [0.1, 0.15) is 5.01 Å². The second kappa shape index (κ2) is 7.88. The Morgan fingerprint density at radius 3 is 2.75 bits per heavy atom. The SMILES string of the molecule is CCCN(C(=O)C1CCCCC1)c1nnc(-c2cccc(C)c2)s1. The molecule has 0 N–H and O–H groups in total. The number of nitrogens with zero attached hydrogens (tertiary/aromatic N) is 3. The first-order valence-corrected chi connectivity index (χ1v) is 9.72. The molecule has 24 heavy (non-hydrogen) atoms. The third kappa shape index (κ3) is 3.83. The highest BCUT2D eigenvalue weighted by atomic mass is 32.1. The van der Waals surface area contributed by atoms with E-state index >= 15 is 0 Å². The third-order valence-corrected chi connectivity index (χ3v) is 5.57.